The lowest BCUT2D eigenvalue weighted by atomic mass is 9.99. The number of anilines is 2. The average molecular weight is 543 g/mol. The molecular formula is C24H23F6N5O3. The van der Waals surface area contributed by atoms with Gasteiger partial charge in [0.15, 0.2) is 11.6 Å². The molecule has 0 spiro atoms. The normalized spacial score (nSPS) is 14.3. The summed E-state index contributed by atoms with van der Waals surface area (Å²) in [5.41, 5.74) is 6.30. The van der Waals surface area contributed by atoms with Gasteiger partial charge in [0.2, 0.25) is 5.91 Å². The zero-order valence-corrected chi connectivity index (χ0v) is 20.1. The number of amides is 1. The Bertz CT molecular complexity index is 1340. The molecule has 1 aromatic heterocycles. The van der Waals surface area contributed by atoms with Crippen LogP contribution >= 0.6 is 0 Å². The third-order valence-corrected chi connectivity index (χ3v) is 5.75. The SMILES string of the molecule is CC1(C)c2nc(-c3ccc(F)cc3)c(Nc3ccc(F)c(F)c3)n2CCN1C(=O)CN.O=C(O)C(F)(F)F. The number of alkyl halides is 3. The second kappa shape index (κ2) is 10.7. The molecule has 0 fully saturated rings. The molecule has 4 rings (SSSR count). The molecule has 38 heavy (non-hydrogen) atoms. The van der Waals surface area contributed by atoms with Gasteiger partial charge in [-0.2, -0.15) is 13.2 Å². The van der Waals surface area contributed by atoms with E-state index in [1.807, 2.05) is 18.4 Å². The number of carbonyl (C=O) groups is 2. The number of hydrogen-bond acceptors (Lipinski definition) is 5. The van der Waals surface area contributed by atoms with E-state index in [2.05, 4.69) is 5.32 Å². The molecule has 0 bridgehead atoms. The van der Waals surface area contributed by atoms with Crippen LogP contribution in [0.5, 0.6) is 0 Å². The summed E-state index contributed by atoms with van der Waals surface area (Å²) in [6.45, 7) is 4.45. The van der Waals surface area contributed by atoms with Gasteiger partial charge in [0.1, 0.15) is 23.2 Å². The van der Waals surface area contributed by atoms with Gasteiger partial charge in [-0.1, -0.05) is 0 Å². The van der Waals surface area contributed by atoms with Gasteiger partial charge in [-0.15, -0.1) is 0 Å². The summed E-state index contributed by atoms with van der Waals surface area (Å²) in [7, 11) is 0. The fourth-order valence-corrected chi connectivity index (χ4v) is 3.93. The topological polar surface area (TPSA) is 113 Å². The van der Waals surface area contributed by atoms with E-state index in [0.717, 1.165) is 12.1 Å². The van der Waals surface area contributed by atoms with Crippen molar-refractivity contribution < 1.29 is 41.0 Å². The monoisotopic (exact) mass is 543 g/mol. The predicted molar refractivity (Wildman–Crippen MR) is 125 cm³/mol. The minimum Gasteiger partial charge on any atom is -0.475 e. The fraction of sp³-hybridized carbons (Fsp3) is 0.292. The van der Waals surface area contributed by atoms with Crippen LogP contribution in [0.25, 0.3) is 11.3 Å². The van der Waals surface area contributed by atoms with Crippen LogP contribution in [-0.4, -0.2) is 50.7 Å². The molecule has 0 aliphatic carbocycles. The number of halogens is 6. The summed E-state index contributed by atoms with van der Waals surface area (Å²) < 4.78 is 74.3. The number of nitrogens with one attached hydrogen (secondary N) is 1. The Kier molecular flexibility index (Phi) is 8.05. The van der Waals surface area contributed by atoms with Crippen LogP contribution < -0.4 is 11.1 Å². The first-order valence-corrected chi connectivity index (χ1v) is 11.1. The number of carboxylic acid groups (broad SMARTS) is 1. The van der Waals surface area contributed by atoms with Gasteiger partial charge in [0, 0.05) is 30.4 Å². The largest absolute Gasteiger partial charge is 0.490 e. The number of carbonyl (C=O) groups excluding carboxylic acids is 1. The average Bonchev–Trinajstić information content (AvgIpc) is 3.21. The van der Waals surface area contributed by atoms with Gasteiger partial charge >= 0.3 is 12.1 Å². The molecular weight excluding hydrogens is 520 g/mol. The maximum absolute atomic E-state index is 13.8. The van der Waals surface area contributed by atoms with E-state index in [1.54, 1.807) is 17.0 Å². The lowest BCUT2D eigenvalue weighted by Gasteiger charge is -2.42. The highest BCUT2D eigenvalue weighted by atomic mass is 19.4. The molecule has 1 amide bonds. The van der Waals surface area contributed by atoms with Gasteiger partial charge in [-0.05, 0) is 50.2 Å². The minimum atomic E-state index is -5.08. The molecule has 4 N–H and O–H groups in total. The third-order valence-electron chi connectivity index (χ3n) is 5.75. The molecule has 8 nitrogen and oxygen atoms in total. The highest BCUT2D eigenvalue weighted by Gasteiger charge is 2.41. The molecule has 0 radical (unpaired) electrons. The highest BCUT2D eigenvalue weighted by Crippen LogP contribution is 2.39. The number of benzene rings is 2. The van der Waals surface area contributed by atoms with Crippen LogP contribution in [0.15, 0.2) is 42.5 Å². The number of imidazole rings is 1. The molecule has 0 atom stereocenters. The fourth-order valence-electron chi connectivity index (χ4n) is 3.93. The lowest BCUT2D eigenvalue weighted by molar-refractivity contribution is -0.192. The van der Waals surface area contributed by atoms with Crippen LogP contribution in [0, 0.1) is 17.5 Å². The van der Waals surface area contributed by atoms with E-state index >= 15 is 0 Å². The first-order valence-electron chi connectivity index (χ1n) is 11.1. The quantitative estimate of drug-likeness (QED) is 0.421. The minimum absolute atomic E-state index is 0.116. The van der Waals surface area contributed by atoms with E-state index in [9.17, 15) is 31.1 Å². The standard InChI is InChI=1S/C22H22F3N5O.C2HF3O2/c1-22(2)21-28-19(13-3-5-14(23)6-4-13)20(27-15-7-8-16(24)17(25)11-15)29(21)9-10-30(22)18(31)12-26;3-2(4,5)1(6)7/h3-8,11,27H,9-10,12,26H2,1-2H3;(H,6,7). The van der Waals surface area contributed by atoms with E-state index in [1.165, 1.54) is 18.2 Å². The molecule has 2 heterocycles. The van der Waals surface area contributed by atoms with Crippen molar-refractivity contribution >= 4 is 23.4 Å². The summed E-state index contributed by atoms with van der Waals surface area (Å²) in [5, 5.41) is 10.3. The van der Waals surface area contributed by atoms with Crippen LogP contribution in [0.3, 0.4) is 0 Å². The smallest absolute Gasteiger partial charge is 0.475 e. The summed E-state index contributed by atoms with van der Waals surface area (Å²) in [6, 6.07) is 9.35. The van der Waals surface area contributed by atoms with Gasteiger partial charge in [0.25, 0.3) is 0 Å². The predicted octanol–water partition coefficient (Wildman–Crippen LogP) is 4.38. The second-order valence-electron chi connectivity index (χ2n) is 8.66. The van der Waals surface area contributed by atoms with Crippen molar-refractivity contribution in [2.24, 2.45) is 5.73 Å². The summed E-state index contributed by atoms with van der Waals surface area (Å²) in [4.78, 5) is 27.7. The Morgan fingerprint density at radius 2 is 1.66 bits per heavy atom. The van der Waals surface area contributed by atoms with Crippen molar-refractivity contribution in [1.29, 1.82) is 0 Å². The molecule has 0 saturated heterocycles. The molecule has 14 heteroatoms. The highest BCUT2D eigenvalue weighted by molar-refractivity contribution is 5.80. The summed E-state index contributed by atoms with van der Waals surface area (Å²) in [5.74, 6) is -4.12. The number of hydrogen-bond donors (Lipinski definition) is 3. The van der Waals surface area contributed by atoms with Gasteiger partial charge in [0.05, 0.1) is 12.1 Å². The van der Waals surface area contributed by atoms with E-state index in [-0.39, 0.29) is 18.3 Å². The Hall–Kier alpha value is -4.07. The zero-order valence-electron chi connectivity index (χ0n) is 20.1. The van der Waals surface area contributed by atoms with E-state index in [4.69, 9.17) is 20.6 Å². The van der Waals surface area contributed by atoms with Crippen molar-refractivity contribution in [3.05, 3.63) is 65.7 Å². The lowest BCUT2D eigenvalue weighted by Crippen LogP contribution is -2.53. The van der Waals surface area contributed by atoms with Crippen LogP contribution in [0.1, 0.15) is 19.7 Å². The van der Waals surface area contributed by atoms with Crippen LogP contribution in [-0.2, 0) is 21.7 Å². The number of rotatable bonds is 4. The summed E-state index contributed by atoms with van der Waals surface area (Å²) in [6.07, 6.45) is -5.08. The Morgan fingerprint density at radius 1 is 1.05 bits per heavy atom. The maximum atomic E-state index is 13.8. The van der Waals surface area contributed by atoms with Crippen molar-refractivity contribution in [3.63, 3.8) is 0 Å². The number of fused-ring (bicyclic) bond motifs is 1. The number of carboxylic acids is 1. The van der Waals surface area contributed by atoms with Crippen molar-refractivity contribution in [2.75, 3.05) is 18.4 Å². The molecule has 1 aliphatic heterocycles. The Labute approximate surface area is 212 Å². The third kappa shape index (κ3) is 5.90. The first kappa shape index (κ1) is 28.5. The van der Waals surface area contributed by atoms with Crippen molar-refractivity contribution in [3.8, 4) is 11.3 Å². The molecule has 0 saturated carbocycles. The Morgan fingerprint density at radius 3 is 2.18 bits per heavy atom. The molecule has 0 unspecified atom stereocenters. The van der Waals surface area contributed by atoms with Crippen molar-refractivity contribution in [1.82, 2.24) is 14.5 Å². The second-order valence-corrected chi connectivity index (χ2v) is 8.66. The molecule has 2 aromatic carbocycles. The number of nitrogens with two attached hydrogens (primary N) is 1. The molecule has 1 aliphatic rings. The molecule has 204 valence electrons. The van der Waals surface area contributed by atoms with Crippen LogP contribution in [0.2, 0.25) is 0 Å². The number of aliphatic carboxylic acids is 1. The van der Waals surface area contributed by atoms with Gasteiger partial charge in [-0.25, -0.2) is 22.9 Å². The Balaban J connectivity index is 0.000000505. The number of aromatic nitrogens is 2. The number of nitrogens with zero attached hydrogens (tertiary/aromatic N) is 3. The first-order chi connectivity index (χ1) is 17.7. The van der Waals surface area contributed by atoms with Crippen molar-refractivity contribution in [2.45, 2.75) is 32.1 Å². The maximum Gasteiger partial charge on any atom is 0.490 e. The zero-order chi connectivity index (χ0) is 28.4. The van der Waals surface area contributed by atoms with Gasteiger partial charge in [-0.3, -0.25) is 4.79 Å². The van der Waals surface area contributed by atoms with E-state index < -0.39 is 29.3 Å². The molecule has 3 aromatic rings. The van der Waals surface area contributed by atoms with E-state index in [0.29, 0.717) is 41.7 Å². The van der Waals surface area contributed by atoms with Crippen LogP contribution in [0.4, 0.5) is 37.8 Å². The summed E-state index contributed by atoms with van der Waals surface area (Å²) >= 11 is 0. The van der Waals surface area contributed by atoms with Gasteiger partial charge < -0.3 is 25.6 Å².